The van der Waals surface area contributed by atoms with E-state index in [0.717, 1.165) is 18.2 Å². The second-order valence-electron chi connectivity index (χ2n) is 3.67. The van der Waals surface area contributed by atoms with E-state index in [0.29, 0.717) is 5.57 Å². The summed E-state index contributed by atoms with van der Waals surface area (Å²) < 4.78 is 4.54. The highest BCUT2D eigenvalue weighted by molar-refractivity contribution is 5.90. The Bertz CT molecular complexity index is 264. The standard InChI is InChI=1S/C11H17NO2/c1-8(11(13)14-3)6-9(2)12-7-10-4-5-10/h6,10,12H,1,4-5,7H2,2-3H3/b9-6+. The Balaban J connectivity index is 2.32. The predicted octanol–water partition coefficient (Wildman–Crippen LogP) is 1.62. The van der Waals surface area contributed by atoms with Crippen LogP contribution < -0.4 is 5.32 Å². The molecule has 1 rings (SSSR count). The van der Waals surface area contributed by atoms with E-state index in [1.54, 1.807) is 6.08 Å². The molecule has 78 valence electrons. The molecule has 0 amide bonds. The van der Waals surface area contributed by atoms with Crippen LogP contribution in [0.3, 0.4) is 0 Å². The smallest absolute Gasteiger partial charge is 0.337 e. The summed E-state index contributed by atoms with van der Waals surface area (Å²) in [5, 5.41) is 3.25. The predicted molar refractivity (Wildman–Crippen MR) is 55.6 cm³/mol. The van der Waals surface area contributed by atoms with Gasteiger partial charge >= 0.3 is 5.97 Å². The molecule has 14 heavy (non-hydrogen) atoms. The highest BCUT2D eigenvalue weighted by atomic mass is 16.5. The first-order chi connectivity index (χ1) is 6.63. The van der Waals surface area contributed by atoms with E-state index in [1.165, 1.54) is 20.0 Å². The zero-order chi connectivity index (χ0) is 10.6. The molecule has 0 unspecified atom stereocenters. The molecule has 0 aromatic heterocycles. The highest BCUT2D eigenvalue weighted by Crippen LogP contribution is 2.27. The number of nitrogens with one attached hydrogen (secondary N) is 1. The third-order valence-corrected chi connectivity index (χ3v) is 2.20. The van der Waals surface area contributed by atoms with Crippen molar-refractivity contribution < 1.29 is 9.53 Å². The van der Waals surface area contributed by atoms with Crippen molar-refractivity contribution >= 4 is 5.97 Å². The first kappa shape index (κ1) is 10.8. The van der Waals surface area contributed by atoms with Crippen molar-refractivity contribution in [2.24, 2.45) is 5.92 Å². The maximum Gasteiger partial charge on any atom is 0.337 e. The number of rotatable bonds is 5. The van der Waals surface area contributed by atoms with Crippen molar-refractivity contribution in [1.29, 1.82) is 0 Å². The maximum atomic E-state index is 11.0. The zero-order valence-corrected chi connectivity index (χ0v) is 8.80. The lowest BCUT2D eigenvalue weighted by atomic mass is 10.2. The van der Waals surface area contributed by atoms with Crippen LogP contribution in [0, 0.1) is 5.92 Å². The van der Waals surface area contributed by atoms with Gasteiger partial charge in [-0.3, -0.25) is 0 Å². The SMILES string of the molecule is C=C(/C=C(\C)NCC1CC1)C(=O)OC. The second kappa shape index (κ2) is 4.84. The van der Waals surface area contributed by atoms with Crippen LogP contribution in [0.15, 0.2) is 23.9 Å². The van der Waals surface area contributed by atoms with Gasteiger partial charge in [-0.15, -0.1) is 0 Å². The number of carbonyl (C=O) groups is 1. The highest BCUT2D eigenvalue weighted by Gasteiger charge is 2.20. The van der Waals surface area contributed by atoms with E-state index in [1.807, 2.05) is 6.92 Å². The Morgan fingerprint density at radius 2 is 2.29 bits per heavy atom. The quantitative estimate of drug-likeness (QED) is 0.411. The normalized spacial score (nSPS) is 16.3. The van der Waals surface area contributed by atoms with Gasteiger partial charge in [-0.2, -0.15) is 0 Å². The molecule has 3 heteroatoms. The molecule has 1 aliphatic rings. The van der Waals surface area contributed by atoms with E-state index < -0.39 is 0 Å². The Labute approximate surface area is 84.8 Å². The molecule has 0 heterocycles. The number of hydrogen-bond donors (Lipinski definition) is 1. The van der Waals surface area contributed by atoms with E-state index >= 15 is 0 Å². The van der Waals surface area contributed by atoms with Gasteiger partial charge in [0.25, 0.3) is 0 Å². The monoisotopic (exact) mass is 195 g/mol. The van der Waals surface area contributed by atoms with Crippen LogP contribution in [-0.2, 0) is 9.53 Å². The summed E-state index contributed by atoms with van der Waals surface area (Å²) in [5.41, 5.74) is 1.35. The maximum absolute atomic E-state index is 11.0. The molecule has 0 aliphatic heterocycles. The number of carbonyl (C=O) groups excluding carboxylic acids is 1. The van der Waals surface area contributed by atoms with Gasteiger partial charge in [0.15, 0.2) is 0 Å². The fourth-order valence-corrected chi connectivity index (χ4v) is 1.13. The summed E-state index contributed by atoms with van der Waals surface area (Å²) in [6.45, 7) is 6.54. The van der Waals surface area contributed by atoms with Crippen molar-refractivity contribution in [3.63, 3.8) is 0 Å². The lowest BCUT2D eigenvalue weighted by molar-refractivity contribution is -0.135. The Kier molecular flexibility index (Phi) is 3.74. The molecule has 1 fully saturated rings. The number of hydrogen-bond acceptors (Lipinski definition) is 3. The average Bonchev–Trinajstić information content (AvgIpc) is 2.96. The summed E-state index contributed by atoms with van der Waals surface area (Å²) in [5.74, 6) is 0.447. The third kappa shape index (κ3) is 3.64. The molecular weight excluding hydrogens is 178 g/mol. The van der Waals surface area contributed by atoms with Crippen LogP contribution in [0.5, 0.6) is 0 Å². The van der Waals surface area contributed by atoms with Crippen LogP contribution in [-0.4, -0.2) is 19.6 Å². The molecule has 0 atom stereocenters. The molecule has 0 aromatic carbocycles. The first-order valence-corrected chi connectivity index (χ1v) is 4.83. The first-order valence-electron chi connectivity index (χ1n) is 4.83. The molecule has 0 saturated heterocycles. The molecular formula is C11H17NO2. The summed E-state index contributed by atoms with van der Waals surface area (Å²) in [4.78, 5) is 11.0. The van der Waals surface area contributed by atoms with Gasteiger partial charge in [-0.25, -0.2) is 4.79 Å². The van der Waals surface area contributed by atoms with Gasteiger partial charge in [0.05, 0.1) is 12.7 Å². The molecule has 0 radical (unpaired) electrons. The van der Waals surface area contributed by atoms with Crippen molar-refractivity contribution in [3.8, 4) is 0 Å². The zero-order valence-electron chi connectivity index (χ0n) is 8.80. The molecule has 0 bridgehead atoms. The lowest BCUT2D eigenvalue weighted by Gasteiger charge is -2.05. The number of allylic oxidation sites excluding steroid dienone is 1. The van der Waals surface area contributed by atoms with Crippen LogP contribution in [0.2, 0.25) is 0 Å². The lowest BCUT2D eigenvalue weighted by Crippen LogP contribution is -2.15. The number of ether oxygens (including phenoxy) is 1. The largest absolute Gasteiger partial charge is 0.465 e. The Morgan fingerprint density at radius 3 is 2.79 bits per heavy atom. The van der Waals surface area contributed by atoms with Crippen molar-refractivity contribution in [2.45, 2.75) is 19.8 Å². The minimum absolute atomic E-state index is 0.377. The third-order valence-electron chi connectivity index (χ3n) is 2.20. The van der Waals surface area contributed by atoms with Gasteiger partial charge in [-0.05, 0) is 31.8 Å². The van der Waals surface area contributed by atoms with Gasteiger partial charge in [0, 0.05) is 12.2 Å². The van der Waals surface area contributed by atoms with Crippen molar-refractivity contribution in [2.75, 3.05) is 13.7 Å². The van der Waals surface area contributed by atoms with Crippen molar-refractivity contribution in [3.05, 3.63) is 23.9 Å². The number of esters is 1. The number of methoxy groups -OCH3 is 1. The fraction of sp³-hybridized carbons (Fsp3) is 0.545. The van der Waals surface area contributed by atoms with E-state index in [2.05, 4.69) is 16.6 Å². The Morgan fingerprint density at radius 1 is 1.64 bits per heavy atom. The van der Waals surface area contributed by atoms with E-state index in [9.17, 15) is 4.79 Å². The topological polar surface area (TPSA) is 38.3 Å². The molecule has 0 aromatic rings. The molecule has 1 saturated carbocycles. The van der Waals surface area contributed by atoms with E-state index in [-0.39, 0.29) is 5.97 Å². The average molecular weight is 195 g/mol. The van der Waals surface area contributed by atoms with Gasteiger partial charge in [0.2, 0.25) is 0 Å². The van der Waals surface area contributed by atoms with E-state index in [4.69, 9.17) is 0 Å². The van der Waals surface area contributed by atoms with Gasteiger partial charge in [0.1, 0.15) is 0 Å². The van der Waals surface area contributed by atoms with Gasteiger partial charge < -0.3 is 10.1 Å². The Hall–Kier alpha value is -1.25. The second-order valence-corrected chi connectivity index (χ2v) is 3.67. The molecule has 1 aliphatic carbocycles. The van der Waals surface area contributed by atoms with Crippen molar-refractivity contribution in [1.82, 2.24) is 5.32 Å². The minimum Gasteiger partial charge on any atom is -0.465 e. The van der Waals surface area contributed by atoms with Crippen LogP contribution in [0.4, 0.5) is 0 Å². The summed E-state index contributed by atoms with van der Waals surface area (Å²) in [7, 11) is 1.36. The summed E-state index contributed by atoms with van der Waals surface area (Å²) in [6.07, 6.45) is 4.35. The van der Waals surface area contributed by atoms with Crippen LogP contribution >= 0.6 is 0 Å². The molecule has 0 spiro atoms. The minimum atomic E-state index is -0.377. The van der Waals surface area contributed by atoms with Crippen LogP contribution in [0.1, 0.15) is 19.8 Å². The summed E-state index contributed by atoms with van der Waals surface area (Å²) >= 11 is 0. The van der Waals surface area contributed by atoms with Crippen LogP contribution in [0.25, 0.3) is 0 Å². The molecule has 1 N–H and O–H groups in total. The van der Waals surface area contributed by atoms with Gasteiger partial charge in [-0.1, -0.05) is 6.58 Å². The molecule has 3 nitrogen and oxygen atoms in total. The summed E-state index contributed by atoms with van der Waals surface area (Å²) in [6, 6.07) is 0. The fourth-order valence-electron chi connectivity index (χ4n) is 1.13.